The zero-order valence-corrected chi connectivity index (χ0v) is 20.5. The zero-order valence-electron chi connectivity index (χ0n) is 19.6. The van der Waals surface area contributed by atoms with Crippen LogP contribution >= 0.6 is 0 Å². The predicted octanol–water partition coefficient (Wildman–Crippen LogP) is 3.62. The van der Waals surface area contributed by atoms with Crippen molar-refractivity contribution in [3.8, 4) is 0 Å². The molecule has 36 heavy (non-hydrogen) atoms. The second-order valence-corrected chi connectivity index (χ2v) is 10.4. The number of nitrogens with zero attached hydrogens (tertiary/aromatic N) is 2. The number of anilines is 2. The quantitative estimate of drug-likeness (QED) is 0.490. The minimum absolute atomic E-state index is 0.0198. The number of hydrogen-bond donors (Lipinski definition) is 1. The van der Waals surface area contributed by atoms with Crippen LogP contribution in [0.1, 0.15) is 24.5 Å². The third kappa shape index (κ3) is 5.19. The molecule has 3 aromatic rings. The summed E-state index contributed by atoms with van der Waals surface area (Å²) in [6, 6.07) is 16.3. The molecular formula is C26H24FN3O5S. The second kappa shape index (κ2) is 10.00. The molecule has 8 nitrogen and oxygen atoms in total. The lowest BCUT2D eigenvalue weighted by atomic mass is 10.2. The van der Waals surface area contributed by atoms with Crippen LogP contribution < -0.4 is 10.2 Å². The van der Waals surface area contributed by atoms with Gasteiger partial charge < -0.3 is 5.32 Å². The first kappa shape index (κ1) is 25.2. The van der Waals surface area contributed by atoms with Crippen molar-refractivity contribution in [1.29, 1.82) is 0 Å². The van der Waals surface area contributed by atoms with Gasteiger partial charge in [0.15, 0.2) is 0 Å². The molecule has 10 heteroatoms. The summed E-state index contributed by atoms with van der Waals surface area (Å²) in [4.78, 5) is 38.6. The molecule has 1 unspecified atom stereocenters. The van der Waals surface area contributed by atoms with Crippen molar-refractivity contribution in [2.45, 2.75) is 37.8 Å². The Morgan fingerprint density at radius 3 is 2.19 bits per heavy atom. The van der Waals surface area contributed by atoms with Gasteiger partial charge in [-0.15, -0.1) is 0 Å². The van der Waals surface area contributed by atoms with E-state index in [4.69, 9.17) is 0 Å². The second-order valence-electron chi connectivity index (χ2n) is 8.51. The number of carbonyl (C=O) groups excluding carboxylic acids is 3. The van der Waals surface area contributed by atoms with Crippen LogP contribution in [-0.4, -0.2) is 36.5 Å². The molecule has 0 bridgehead atoms. The molecule has 1 N–H and O–H groups in total. The van der Waals surface area contributed by atoms with E-state index in [1.165, 1.54) is 55.5 Å². The van der Waals surface area contributed by atoms with E-state index in [0.717, 1.165) is 14.8 Å². The molecule has 3 amide bonds. The predicted molar refractivity (Wildman–Crippen MR) is 132 cm³/mol. The number of carbonyl (C=O) groups is 3. The van der Waals surface area contributed by atoms with Crippen molar-refractivity contribution in [3.63, 3.8) is 0 Å². The van der Waals surface area contributed by atoms with Gasteiger partial charge >= 0.3 is 0 Å². The topological polar surface area (TPSA) is 104 Å². The summed E-state index contributed by atoms with van der Waals surface area (Å²) in [5.41, 5.74) is 2.07. The van der Waals surface area contributed by atoms with Crippen molar-refractivity contribution in [3.05, 3.63) is 89.7 Å². The molecule has 4 rings (SSSR count). The Balaban J connectivity index is 1.70. The number of sulfonamides is 1. The maximum atomic E-state index is 13.7. The third-order valence-corrected chi connectivity index (χ3v) is 7.66. The highest BCUT2D eigenvalue weighted by Gasteiger charge is 2.47. The summed E-state index contributed by atoms with van der Waals surface area (Å²) in [7, 11) is -4.20. The fraction of sp³-hybridized carbons (Fsp3) is 0.192. The number of halogens is 1. The standard InChI is InChI=1S/C26H24FN3O5S/c1-17-3-13-23(14-4-17)36(34,35)29(16-19-5-7-20(27)8-6-19)24-15-25(32)30(26(24)33)22-11-9-21(10-12-22)28-18(2)31/h3-14,24H,15-16H2,1-2H3,(H,28,31). The summed E-state index contributed by atoms with van der Waals surface area (Å²) >= 11 is 0. The molecule has 1 aliphatic rings. The summed E-state index contributed by atoms with van der Waals surface area (Å²) in [5.74, 6) is -1.99. The Bertz CT molecular complexity index is 1410. The normalized spacial score (nSPS) is 16.0. The molecule has 1 fully saturated rings. The lowest BCUT2D eigenvalue weighted by molar-refractivity contribution is -0.122. The van der Waals surface area contributed by atoms with Gasteiger partial charge in [-0.3, -0.25) is 14.4 Å². The molecule has 1 heterocycles. The zero-order chi connectivity index (χ0) is 26.0. The van der Waals surface area contributed by atoms with Crippen molar-refractivity contribution in [2.75, 3.05) is 10.2 Å². The Morgan fingerprint density at radius 2 is 1.61 bits per heavy atom. The van der Waals surface area contributed by atoms with Crippen LogP contribution in [0.2, 0.25) is 0 Å². The van der Waals surface area contributed by atoms with E-state index < -0.39 is 33.7 Å². The Labute approximate surface area is 208 Å². The van der Waals surface area contributed by atoms with Crippen LogP contribution in [0.3, 0.4) is 0 Å². The minimum Gasteiger partial charge on any atom is -0.326 e. The third-order valence-electron chi connectivity index (χ3n) is 5.80. The van der Waals surface area contributed by atoms with Crippen LogP contribution in [0.25, 0.3) is 0 Å². The summed E-state index contributed by atoms with van der Waals surface area (Å²) < 4.78 is 41.8. The van der Waals surface area contributed by atoms with Gasteiger partial charge in [-0.1, -0.05) is 29.8 Å². The van der Waals surface area contributed by atoms with Crippen LogP contribution in [0, 0.1) is 12.7 Å². The van der Waals surface area contributed by atoms with Crippen molar-refractivity contribution >= 4 is 39.1 Å². The monoisotopic (exact) mass is 509 g/mol. The fourth-order valence-electron chi connectivity index (χ4n) is 3.99. The highest BCUT2D eigenvalue weighted by Crippen LogP contribution is 2.31. The van der Waals surface area contributed by atoms with Crippen LogP contribution in [0.4, 0.5) is 15.8 Å². The Hall–Kier alpha value is -3.89. The van der Waals surface area contributed by atoms with Gasteiger partial charge in [0.25, 0.3) is 5.91 Å². The lowest BCUT2D eigenvalue weighted by Crippen LogP contribution is -2.45. The average Bonchev–Trinajstić information content (AvgIpc) is 3.12. The number of hydrogen-bond acceptors (Lipinski definition) is 5. The largest absolute Gasteiger partial charge is 0.326 e. The number of imide groups is 1. The number of aryl methyl sites for hydroxylation is 1. The maximum Gasteiger partial charge on any atom is 0.252 e. The SMILES string of the molecule is CC(=O)Nc1ccc(N2C(=O)CC(N(Cc3ccc(F)cc3)S(=O)(=O)c3ccc(C)cc3)C2=O)cc1. The molecule has 0 radical (unpaired) electrons. The van der Waals surface area contributed by atoms with E-state index in [1.54, 1.807) is 24.3 Å². The highest BCUT2D eigenvalue weighted by atomic mass is 32.2. The smallest absolute Gasteiger partial charge is 0.252 e. The van der Waals surface area contributed by atoms with Gasteiger partial charge in [0, 0.05) is 19.2 Å². The first-order valence-electron chi connectivity index (χ1n) is 11.1. The van der Waals surface area contributed by atoms with Crippen LogP contribution in [-0.2, 0) is 31.0 Å². The van der Waals surface area contributed by atoms with Gasteiger partial charge in [-0.2, -0.15) is 4.31 Å². The maximum absolute atomic E-state index is 13.7. The summed E-state index contributed by atoms with van der Waals surface area (Å²) in [6.07, 6.45) is -0.349. The average molecular weight is 510 g/mol. The summed E-state index contributed by atoms with van der Waals surface area (Å²) in [6.45, 7) is 2.95. The number of nitrogens with one attached hydrogen (secondary N) is 1. The first-order valence-corrected chi connectivity index (χ1v) is 12.6. The molecule has 0 saturated carbocycles. The molecule has 186 valence electrons. The number of rotatable bonds is 7. The first-order chi connectivity index (χ1) is 17.1. The number of benzene rings is 3. The van der Waals surface area contributed by atoms with E-state index in [9.17, 15) is 27.2 Å². The van der Waals surface area contributed by atoms with Gasteiger partial charge in [-0.25, -0.2) is 17.7 Å². The van der Waals surface area contributed by atoms with E-state index >= 15 is 0 Å². The Morgan fingerprint density at radius 1 is 1.00 bits per heavy atom. The van der Waals surface area contributed by atoms with Crippen LogP contribution in [0.15, 0.2) is 77.7 Å². The van der Waals surface area contributed by atoms with Gasteiger partial charge in [0.05, 0.1) is 17.0 Å². The highest BCUT2D eigenvalue weighted by molar-refractivity contribution is 7.89. The van der Waals surface area contributed by atoms with E-state index in [2.05, 4.69) is 5.32 Å². The molecule has 0 spiro atoms. The summed E-state index contributed by atoms with van der Waals surface area (Å²) in [5, 5.41) is 2.60. The Kier molecular flexibility index (Phi) is 7.00. The minimum atomic E-state index is -4.20. The molecule has 1 aliphatic heterocycles. The molecule has 3 aromatic carbocycles. The molecule has 0 aliphatic carbocycles. The van der Waals surface area contributed by atoms with E-state index in [1.807, 2.05) is 6.92 Å². The van der Waals surface area contributed by atoms with Crippen molar-refractivity contribution in [2.24, 2.45) is 0 Å². The molecule has 0 aromatic heterocycles. The number of amides is 3. The van der Waals surface area contributed by atoms with Crippen molar-refractivity contribution < 1.29 is 27.2 Å². The van der Waals surface area contributed by atoms with Gasteiger partial charge in [0.2, 0.25) is 21.8 Å². The van der Waals surface area contributed by atoms with Crippen molar-refractivity contribution in [1.82, 2.24) is 4.31 Å². The van der Waals surface area contributed by atoms with Crippen LogP contribution in [0.5, 0.6) is 0 Å². The fourth-order valence-corrected chi connectivity index (χ4v) is 5.56. The van der Waals surface area contributed by atoms with Gasteiger partial charge in [0.1, 0.15) is 11.9 Å². The lowest BCUT2D eigenvalue weighted by Gasteiger charge is -2.27. The molecular weight excluding hydrogens is 485 g/mol. The van der Waals surface area contributed by atoms with E-state index in [-0.39, 0.29) is 29.5 Å². The van der Waals surface area contributed by atoms with E-state index in [0.29, 0.717) is 11.3 Å². The van der Waals surface area contributed by atoms with Gasteiger partial charge in [-0.05, 0) is 61.0 Å². The molecule has 1 atom stereocenters. The molecule has 1 saturated heterocycles.